The first-order chi connectivity index (χ1) is 6.19. The number of nitrogens with one attached hydrogen (secondary N) is 1. The Morgan fingerprint density at radius 3 is 2.85 bits per heavy atom. The SMILES string of the molecule is CNC(=O)c1cc(CBr)ccc1F. The summed E-state index contributed by atoms with van der Waals surface area (Å²) in [4.78, 5) is 11.1. The zero-order chi connectivity index (χ0) is 9.84. The Labute approximate surface area is 84.3 Å². The van der Waals surface area contributed by atoms with E-state index in [0.717, 1.165) is 5.56 Å². The Morgan fingerprint density at radius 1 is 1.62 bits per heavy atom. The molecule has 0 aliphatic heterocycles. The van der Waals surface area contributed by atoms with Crippen LogP contribution < -0.4 is 5.32 Å². The zero-order valence-electron chi connectivity index (χ0n) is 7.10. The summed E-state index contributed by atoms with van der Waals surface area (Å²) in [7, 11) is 1.47. The van der Waals surface area contributed by atoms with Crippen molar-refractivity contribution in [1.82, 2.24) is 5.32 Å². The van der Waals surface area contributed by atoms with Crippen molar-refractivity contribution in [1.29, 1.82) is 0 Å². The number of hydrogen-bond acceptors (Lipinski definition) is 1. The number of carbonyl (C=O) groups is 1. The lowest BCUT2D eigenvalue weighted by atomic mass is 10.1. The summed E-state index contributed by atoms with van der Waals surface area (Å²) in [6, 6.07) is 4.46. The third kappa shape index (κ3) is 2.28. The number of amides is 1. The van der Waals surface area contributed by atoms with Crippen LogP contribution in [0, 0.1) is 5.82 Å². The third-order valence-electron chi connectivity index (χ3n) is 1.66. The maximum Gasteiger partial charge on any atom is 0.254 e. The van der Waals surface area contributed by atoms with Crippen molar-refractivity contribution in [3.05, 3.63) is 35.1 Å². The van der Waals surface area contributed by atoms with Gasteiger partial charge in [-0.15, -0.1) is 0 Å². The molecule has 13 heavy (non-hydrogen) atoms. The molecule has 0 unspecified atom stereocenters. The minimum atomic E-state index is -0.496. The van der Waals surface area contributed by atoms with Gasteiger partial charge in [-0.25, -0.2) is 4.39 Å². The number of carbonyl (C=O) groups excluding carboxylic acids is 1. The largest absolute Gasteiger partial charge is 0.355 e. The zero-order valence-corrected chi connectivity index (χ0v) is 8.69. The summed E-state index contributed by atoms with van der Waals surface area (Å²) in [6.45, 7) is 0. The molecule has 4 heteroatoms. The number of alkyl halides is 1. The molecular formula is C9H9BrFNO. The van der Waals surface area contributed by atoms with Gasteiger partial charge in [0.15, 0.2) is 0 Å². The van der Waals surface area contributed by atoms with E-state index in [1.54, 1.807) is 6.07 Å². The lowest BCUT2D eigenvalue weighted by Gasteiger charge is -2.03. The minimum absolute atomic E-state index is 0.0828. The molecule has 1 aromatic rings. The molecule has 0 spiro atoms. The van der Waals surface area contributed by atoms with Crippen molar-refractivity contribution in [3.63, 3.8) is 0 Å². The van der Waals surface area contributed by atoms with Gasteiger partial charge in [-0.05, 0) is 17.7 Å². The van der Waals surface area contributed by atoms with Crippen molar-refractivity contribution < 1.29 is 9.18 Å². The standard InChI is InChI=1S/C9H9BrFNO/c1-12-9(13)7-4-6(5-10)2-3-8(7)11/h2-4H,5H2,1H3,(H,12,13). The molecule has 1 amide bonds. The average molecular weight is 246 g/mol. The lowest BCUT2D eigenvalue weighted by Crippen LogP contribution is -2.19. The molecule has 0 radical (unpaired) electrons. The molecule has 0 aliphatic rings. The van der Waals surface area contributed by atoms with E-state index in [9.17, 15) is 9.18 Å². The van der Waals surface area contributed by atoms with Gasteiger partial charge in [0.05, 0.1) is 5.56 Å². The highest BCUT2D eigenvalue weighted by molar-refractivity contribution is 9.08. The van der Waals surface area contributed by atoms with Crippen LogP contribution in [0.25, 0.3) is 0 Å². The Hall–Kier alpha value is -0.900. The third-order valence-corrected chi connectivity index (χ3v) is 2.30. The van der Waals surface area contributed by atoms with Crippen LogP contribution in [0.15, 0.2) is 18.2 Å². The topological polar surface area (TPSA) is 29.1 Å². The van der Waals surface area contributed by atoms with Crippen molar-refractivity contribution in [2.45, 2.75) is 5.33 Å². The van der Waals surface area contributed by atoms with E-state index in [4.69, 9.17) is 0 Å². The van der Waals surface area contributed by atoms with E-state index in [1.165, 1.54) is 19.2 Å². The predicted molar refractivity (Wildman–Crippen MR) is 52.4 cm³/mol. The minimum Gasteiger partial charge on any atom is -0.355 e. The van der Waals surface area contributed by atoms with Crippen molar-refractivity contribution >= 4 is 21.8 Å². The smallest absolute Gasteiger partial charge is 0.254 e. The predicted octanol–water partition coefficient (Wildman–Crippen LogP) is 2.08. The fourth-order valence-corrected chi connectivity index (χ4v) is 1.31. The Kier molecular flexibility index (Phi) is 3.42. The molecular weight excluding hydrogens is 237 g/mol. The molecule has 2 nitrogen and oxygen atoms in total. The van der Waals surface area contributed by atoms with Gasteiger partial charge in [0.2, 0.25) is 0 Å². The summed E-state index contributed by atoms with van der Waals surface area (Å²) < 4.78 is 13.1. The fraction of sp³-hybridized carbons (Fsp3) is 0.222. The first-order valence-electron chi connectivity index (χ1n) is 3.75. The summed E-state index contributed by atoms with van der Waals surface area (Å²) in [5.74, 6) is -0.899. The molecule has 1 aromatic carbocycles. The maximum atomic E-state index is 13.1. The van der Waals surface area contributed by atoms with Crippen LogP contribution in [-0.4, -0.2) is 13.0 Å². The monoisotopic (exact) mass is 245 g/mol. The van der Waals surface area contributed by atoms with Crippen LogP contribution in [-0.2, 0) is 5.33 Å². The molecule has 0 heterocycles. The van der Waals surface area contributed by atoms with Gasteiger partial charge in [0.1, 0.15) is 5.82 Å². The van der Waals surface area contributed by atoms with Crippen molar-refractivity contribution in [2.24, 2.45) is 0 Å². The summed E-state index contributed by atoms with van der Waals surface area (Å²) >= 11 is 3.23. The first-order valence-corrected chi connectivity index (χ1v) is 4.87. The second-order valence-electron chi connectivity index (χ2n) is 2.53. The van der Waals surface area contributed by atoms with Crippen LogP contribution in [0.1, 0.15) is 15.9 Å². The van der Waals surface area contributed by atoms with Gasteiger partial charge >= 0.3 is 0 Å². The fourth-order valence-electron chi connectivity index (χ4n) is 0.964. The van der Waals surface area contributed by atoms with E-state index >= 15 is 0 Å². The number of halogens is 2. The van der Waals surface area contributed by atoms with Crippen molar-refractivity contribution in [2.75, 3.05) is 7.05 Å². The molecule has 0 aliphatic carbocycles. The second-order valence-corrected chi connectivity index (χ2v) is 3.09. The summed E-state index contributed by atoms with van der Waals surface area (Å²) in [5, 5.41) is 2.99. The van der Waals surface area contributed by atoms with E-state index < -0.39 is 11.7 Å². The highest BCUT2D eigenvalue weighted by Gasteiger charge is 2.09. The number of benzene rings is 1. The van der Waals surface area contributed by atoms with Gasteiger partial charge in [0, 0.05) is 12.4 Å². The second kappa shape index (κ2) is 4.37. The van der Waals surface area contributed by atoms with E-state index in [1.807, 2.05) is 0 Å². The Balaban J connectivity index is 3.11. The summed E-state index contributed by atoms with van der Waals surface area (Å²) in [6.07, 6.45) is 0. The molecule has 0 fully saturated rings. The van der Waals surface area contributed by atoms with Gasteiger partial charge in [-0.2, -0.15) is 0 Å². The van der Waals surface area contributed by atoms with Gasteiger partial charge in [-0.3, -0.25) is 4.79 Å². The highest BCUT2D eigenvalue weighted by atomic mass is 79.9. The van der Waals surface area contributed by atoms with Crippen LogP contribution in [0.2, 0.25) is 0 Å². The van der Waals surface area contributed by atoms with Gasteiger partial charge in [-0.1, -0.05) is 22.0 Å². The molecule has 1 rings (SSSR count). The molecule has 70 valence electrons. The maximum absolute atomic E-state index is 13.1. The normalized spacial score (nSPS) is 9.77. The van der Waals surface area contributed by atoms with Crippen LogP contribution in [0.4, 0.5) is 4.39 Å². The number of hydrogen-bond donors (Lipinski definition) is 1. The quantitative estimate of drug-likeness (QED) is 0.795. The lowest BCUT2D eigenvalue weighted by molar-refractivity contribution is 0.0959. The van der Waals surface area contributed by atoms with Crippen molar-refractivity contribution in [3.8, 4) is 0 Å². The van der Waals surface area contributed by atoms with Gasteiger partial charge in [0.25, 0.3) is 5.91 Å². The number of rotatable bonds is 2. The molecule has 1 N–H and O–H groups in total. The Morgan fingerprint density at radius 2 is 2.31 bits per heavy atom. The first kappa shape index (κ1) is 10.2. The van der Waals surface area contributed by atoms with Crippen LogP contribution in [0.3, 0.4) is 0 Å². The average Bonchev–Trinajstić information content (AvgIpc) is 2.17. The molecule has 0 atom stereocenters. The van der Waals surface area contributed by atoms with Crippen LogP contribution in [0.5, 0.6) is 0 Å². The highest BCUT2D eigenvalue weighted by Crippen LogP contribution is 2.12. The molecule has 0 bridgehead atoms. The van der Waals surface area contributed by atoms with E-state index in [2.05, 4.69) is 21.2 Å². The molecule has 0 saturated carbocycles. The Bertz CT molecular complexity index is 327. The molecule has 0 saturated heterocycles. The van der Waals surface area contributed by atoms with E-state index in [-0.39, 0.29) is 5.56 Å². The van der Waals surface area contributed by atoms with Gasteiger partial charge < -0.3 is 5.32 Å². The summed E-state index contributed by atoms with van der Waals surface area (Å²) in [5.41, 5.74) is 0.958. The molecule has 0 aromatic heterocycles. The van der Waals surface area contributed by atoms with E-state index in [0.29, 0.717) is 5.33 Å². The van der Waals surface area contributed by atoms with Crippen LogP contribution >= 0.6 is 15.9 Å².